The molecule has 63 heavy (non-hydrogen) atoms. The van der Waals surface area contributed by atoms with Crippen LogP contribution < -0.4 is 4.90 Å². The molecule has 0 bridgehead atoms. The van der Waals surface area contributed by atoms with Gasteiger partial charge in [0.15, 0.2) is 0 Å². The number of nitrogens with zero attached hydrogens (tertiary/aromatic N) is 1. The lowest BCUT2D eigenvalue weighted by Gasteiger charge is -2.35. The molecule has 0 fully saturated rings. The van der Waals surface area contributed by atoms with E-state index in [0.29, 0.717) is 0 Å². The number of hydrogen-bond donors (Lipinski definition) is 0. The van der Waals surface area contributed by atoms with E-state index in [1.54, 1.807) is 0 Å². The summed E-state index contributed by atoms with van der Waals surface area (Å²) in [7, 11) is 0. The molecule has 0 atom stereocenters. The van der Waals surface area contributed by atoms with Crippen molar-refractivity contribution >= 4 is 17.1 Å². The molecule has 0 aliphatic heterocycles. The fraction of sp³-hybridized carbons (Fsp3) is 0.419. The maximum absolute atomic E-state index is 2.72. The van der Waals surface area contributed by atoms with Gasteiger partial charge in [-0.3, -0.25) is 0 Å². The fourth-order valence-electron chi connectivity index (χ4n) is 11.2. The molecule has 1 heteroatoms. The average Bonchev–Trinajstić information content (AvgIpc) is 3.65. The Morgan fingerprint density at radius 1 is 0.333 bits per heavy atom. The van der Waals surface area contributed by atoms with Gasteiger partial charge in [0.25, 0.3) is 0 Å². The molecule has 0 unspecified atom stereocenters. The van der Waals surface area contributed by atoms with Crippen LogP contribution in [0.4, 0.5) is 17.1 Å². The van der Waals surface area contributed by atoms with Gasteiger partial charge in [0, 0.05) is 33.1 Å². The normalized spacial score (nSPS) is 16.6. The second-order valence-electron chi connectivity index (χ2n) is 25.3. The first-order chi connectivity index (χ1) is 28.9. The largest absolute Gasteiger partial charge is 0.309 e. The molecular weight excluding hydrogens is 759 g/mol. The lowest BCUT2D eigenvalue weighted by Crippen LogP contribution is -2.22. The van der Waals surface area contributed by atoms with Crippen LogP contribution in [-0.2, 0) is 37.9 Å². The van der Waals surface area contributed by atoms with E-state index in [2.05, 4.69) is 234 Å². The first kappa shape index (κ1) is 43.4. The summed E-state index contributed by atoms with van der Waals surface area (Å²) in [6.07, 6.45) is 0. The van der Waals surface area contributed by atoms with Gasteiger partial charge >= 0.3 is 0 Å². The molecule has 0 heterocycles. The lowest BCUT2D eigenvalue weighted by atomic mass is 9.77. The monoisotopic (exact) mass is 832 g/mol. The molecule has 0 aromatic heterocycles. The molecule has 0 N–H and O–H groups in total. The van der Waals surface area contributed by atoms with Crippen LogP contribution in [0.25, 0.3) is 33.4 Å². The highest BCUT2D eigenvalue weighted by Crippen LogP contribution is 2.61. The Labute approximate surface area is 381 Å². The van der Waals surface area contributed by atoms with Gasteiger partial charge in [-0.05, 0) is 131 Å². The van der Waals surface area contributed by atoms with E-state index in [9.17, 15) is 0 Å². The van der Waals surface area contributed by atoms with Gasteiger partial charge in [-0.15, -0.1) is 0 Å². The van der Waals surface area contributed by atoms with E-state index in [4.69, 9.17) is 0 Å². The first-order valence-electron chi connectivity index (χ1n) is 23.7. The molecule has 6 aromatic carbocycles. The molecule has 0 amide bonds. The maximum Gasteiger partial charge on any atom is 0.0546 e. The van der Waals surface area contributed by atoms with Crippen molar-refractivity contribution in [1.29, 1.82) is 0 Å². The average molecular weight is 832 g/mol. The second-order valence-corrected chi connectivity index (χ2v) is 25.3. The molecule has 3 aliphatic rings. The molecule has 3 aliphatic carbocycles. The zero-order valence-electron chi connectivity index (χ0n) is 42.2. The molecule has 6 aromatic rings. The number of hydrogen-bond acceptors (Lipinski definition) is 1. The molecule has 0 saturated carbocycles. The van der Waals surface area contributed by atoms with Crippen molar-refractivity contribution in [3.05, 3.63) is 158 Å². The molecule has 0 radical (unpaired) electrons. The van der Waals surface area contributed by atoms with Gasteiger partial charge < -0.3 is 4.90 Å². The van der Waals surface area contributed by atoms with Crippen LogP contribution in [0.3, 0.4) is 0 Å². The summed E-state index contributed by atoms with van der Waals surface area (Å²) < 4.78 is 0. The van der Waals surface area contributed by atoms with Gasteiger partial charge in [-0.25, -0.2) is 0 Å². The summed E-state index contributed by atoms with van der Waals surface area (Å²) in [4.78, 5) is 2.72. The lowest BCUT2D eigenvalue weighted by molar-refractivity contribution is 0.580. The topological polar surface area (TPSA) is 3.24 Å². The zero-order chi connectivity index (χ0) is 45.9. The molecule has 326 valence electrons. The Balaban J connectivity index is 1.45. The van der Waals surface area contributed by atoms with E-state index in [1.807, 2.05) is 0 Å². The van der Waals surface area contributed by atoms with Gasteiger partial charge in [-0.2, -0.15) is 0 Å². The SMILES string of the molecule is Cc1ccc2c(c1)C(C)(C)c1cc(N(c3cc(C(C)(C)C)cc4c3-c3ccc(C(C)(C)C)cc3C4(C)C)c3cc(C(C)(C)C)cc4c3-c3ccc(C(C)(C)C)cc3C4(C)C)ccc1-2. The summed E-state index contributed by atoms with van der Waals surface area (Å²) >= 11 is 0. The van der Waals surface area contributed by atoms with E-state index in [0.717, 1.165) is 0 Å². The van der Waals surface area contributed by atoms with Crippen LogP contribution >= 0.6 is 0 Å². The predicted octanol–water partition coefficient (Wildman–Crippen LogP) is 17.6. The van der Waals surface area contributed by atoms with Crippen molar-refractivity contribution in [1.82, 2.24) is 0 Å². The Kier molecular flexibility index (Phi) is 9.19. The minimum absolute atomic E-state index is 0.0413. The summed E-state index contributed by atoms with van der Waals surface area (Å²) in [6, 6.07) is 39.5. The van der Waals surface area contributed by atoms with Crippen LogP contribution in [0.1, 0.15) is 186 Å². The number of anilines is 3. The van der Waals surface area contributed by atoms with Crippen molar-refractivity contribution in [3.63, 3.8) is 0 Å². The minimum Gasteiger partial charge on any atom is -0.309 e. The van der Waals surface area contributed by atoms with Crippen molar-refractivity contribution < 1.29 is 0 Å². The van der Waals surface area contributed by atoms with E-state index < -0.39 is 0 Å². The third-order valence-corrected chi connectivity index (χ3v) is 15.5. The minimum atomic E-state index is -0.194. The number of aryl methyl sites for hydroxylation is 1. The maximum atomic E-state index is 2.72. The first-order valence-corrected chi connectivity index (χ1v) is 23.7. The van der Waals surface area contributed by atoms with E-state index in [-0.39, 0.29) is 37.9 Å². The standard InChI is InChI=1S/C62H73N/c1-36-20-24-42-43-27-23-41(35-49(43)60(14,15)46(42)28-36)63(52-33-39(58(8,9)10)31-50-54(52)44-25-21-37(56(2,3)4)29-47(44)61(50,16)17)53-34-40(59(11,12)13)32-51-55(53)45-26-22-38(57(5,6)7)30-48(45)62(51,18)19/h20-35H,1-19H3. The Hall–Kier alpha value is -4.88. The Bertz CT molecular complexity index is 2750. The molecule has 1 nitrogen and oxygen atoms in total. The highest BCUT2D eigenvalue weighted by molar-refractivity contribution is 6.01. The van der Waals surface area contributed by atoms with Crippen LogP contribution in [0.2, 0.25) is 0 Å². The van der Waals surface area contributed by atoms with Crippen molar-refractivity contribution in [2.24, 2.45) is 0 Å². The van der Waals surface area contributed by atoms with Gasteiger partial charge in [0.2, 0.25) is 0 Å². The van der Waals surface area contributed by atoms with Crippen LogP contribution in [0, 0.1) is 6.92 Å². The highest BCUT2D eigenvalue weighted by Gasteiger charge is 2.44. The predicted molar refractivity (Wildman–Crippen MR) is 273 cm³/mol. The molecule has 0 spiro atoms. The number of rotatable bonds is 3. The smallest absolute Gasteiger partial charge is 0.0546 e. The quantitative estimate of drug-likeness (QED) is 0.172. The van der Waals surface area contributed by atoms with Gasteiger partial charge in [0.05, 0.1) is 11.4 Å². The van der Waals surface area contributed by atoms with Crippen LogP contribution in [-0.4, -0.2) is 0 Å². The Morgan fingerprint density at radius 2 is 0.667 bits per heavy atom. The fourth-order valence-corrected chi connectivity index (χ4v) is 11.2. The van der Waals surface area contributed by atoms with Gasteiger partial charge in [-0.1, -0.05) is 203 Å². The number of benzene rings is 6. The van der Waals surface area contributed by atoms with Crippen molar-refractivity contribution in [2.45, 2.75) is 169 Å². The summed E-state index contributed by atoms with van der Waals surface area (Å²) in [6.45, 7) is 45.3. The van der Waals surface area contributed by atoms with Crippen LogP contribution in [0.15, 0.2) is 97.1 Å². The van der Waals surface area contributed by atoms with E-state index >= 15 is 0 Å². The summed E-state index contributed by atoms with van der Waals surface area (Å²) in [5.41, 5.74) is 26.6. The third kappa shape index (κ3) is 6.52. The third-order valence-electron chi connectivity index (χ3n) is 15.5. The zero-order valence-corrected chi connectivity index (χ0v) is 42.2. The second kappa shape index (κ2) is 13.3. The molecule has 9 rings (SSSR count). The summed E-state index contributed by atoms with van der Waals surface area (Å²) in [5, 5.41) is 0. The van der Waals surface area contributed by atoms with Gasteiger partial charge in [0.1, 0.15) is 0 Å². The van der Waals surface area contributed by atoms with Crippen LogP contribution in [0.5, 0.6) is 0 Å². The molecule has 0 saturated heterocycles. The Morgan fingerprint density at radius 3 is 1.08 bits per heavy atom. The summed E-state index contributed by atoms with van der Waals surface area (Å²) in [5.74, 6) is 0. The van der Waals surface area contributed by atoms with Crippen molar-refractivity contribution in [2.75, 3.05) is 4.90 Å². The molecular formula is C62H73N. The van der Waals surface area contributed by atoms with Crippen molar-refractivity contribution in [3.8, 4) is 33.4 Å². The highest BCUT2D eigenvalue weighted by atomic mass is 15.2. The number of fused-ring (bicyclic) bond motifs is 9. The van der Waals surface area contributed by atoms with E-state index in [1.165, 1.54) is 112 Å².